The molecular formula is C30H59N9O2. The predicted octanol–water partition coefficient (Wildman–Crippen LogP) is -0.126. The van der Waals surface area contributed by atoms with E-state index in [2.05, 4.69) is 54.6 Å². The molecule has 11 heteroatoms. The Balaban J connectivity index is 1.07. The molecule has 236 valence electrons. The smallest absolute Gasteiger partial charge is 0.223 e. The summed E-state index contributed by atoms with van der Waals surface area (Å²) in [5.74, 6) is 2.33. The van der Waals surface area contributed by atoms with Crippen LogP contribution in [0.5, 0.6) is 0 Å². The zero-order valence-electron chi connectivity index (χ0n) is 25.5. The summed E-state index contributed by atoms with van der Waals surface area (Å²) >= 11 is 0. The van der Waals surface area contributed by atoms with E-state index >= 15 is 0 Å². The van der Waals surface area contributed by atoms with Gasteiger partial charge in [-0.2, -0.15) is 0 Å². The summed E-state index contributed by atoms with van der Waals surface area (Å²) in [7, 11) is 0. The van der Waals surface area contributed by atoms with Crippen LogP contribution in [-0.2, 0) is 9.53 Å². The molecule has 0 aromatic carbocycles. The highest BCUT2D eigenvalue weighted by Crippen LogP contribution is 2.26. The number of ether oxygens (including phenoxy) is 1. The van der Waals surface area contributed by atoms with Crippen molar-refractivity contribution < 1.29 is 9.53 Å². The highest BCUT2D eigenvalue weighted by atomic mass is 16.5. The third-order valence-electron chi connectivity index (χ3n) is 10.4. The summed E-state index contributed by atoms with van der Waals surface area (Å²) in [5, 5.41) is 21.3. The van der Waals surface area contributed by atoms with Crippen molar-refractivity contribution in [2.45, 2.75) is 89.1 Å². The molecule has 4 saturated heterocycles. The number of hydrazine groups is 1. The van der Waals surface area contributed by atoms with Crippen molar-refractivity contribution in [3.8, 4) is 0 Å². The maximum Gasteiger partial charge on any atom is 0.223 e. The van der Waals surface area contributed by atoms with E-state index < -0.39 is 0 Å². The minimum atomic E-state index is 0.128. The predicted molar refractivity (Wildman–Crippen MR) is 163 cm³/mol. The monoisotopic (exact) mass is 577 g/mol. The number of carbonyl (C=O) groups is 1. The molecule has 0 spiro atoms. The van der Waals surface area contributed by atoms with Gasteiger partial charge in [0.25, 0.3) is 0 Å². The van der Waals surface area contributed by atoms with E-state index in [0.29, 0.717) is 29.8 Å². The molecule has 8 unspecified atom stereocenters. The van der Waals surface area contributed by atoms with Gasteiger partial charge in [0.1, 0.15) is 0 Å². The van der Waals surface area contributed by atoms with E-state index in [4.69, 9.17) is 4.74 Å². The largest absolute Gasteiger partial charge is 0.380 e. The average molecular weight is 578 g/mol. The molecule has 4 heterocycles. The molecule has 0 radical (unpaired) electrons. The van der Waals surface area contributed by atoms with Crippen molar-refractivity contribution in [1.82, 2.24) is 47.7 Å². The first-order valence-corrected chi connectivity index (χ1v) is 16.9. The Hall–Kier alpha value is -0.890. The molecule has 4 aliphatic heterocycles. The van der Waals surface area contributed by atoms with E-state index in [9.17, 15) is 4.79 Å². The van der Waals surface area contributed by atoms with Crippen molar-refractivity contribution in [1.29, 1.82) is 0 Å². The van der Waals surface area contributed by atoms with E-state index in [1.165, 1.54) is 25.7 Å². The number of hydrogen-bond acceptors (Lipinski definition) is 10. The van der Waals surface area contributed by atoms with Gasteiger partial charge >= 0.3 is 0 Å². The summed E-state index contributed by atoms with van der Waals surface area (Å²) in [6.45, 7) is 12.7. The van der Waals surface area contributed by atoms with Gasteiger partial charge in [-0.25, -0.2) is 10.9 Å². The lowest BCUT2D eigenvalue weighted by Crippen LogP contribution is -2.59. The zero-order valence-corrected chi connectivity index (χ0v) is 25.5. The van der Waals surface area contributed by atoms with E-state index in [0.717, 1.165) is 104 Å². The minimum absolute atomic E-state index is 0.128. The van der Waals surface area contributed by atoms with Crippen LogP contribution in [0.2, 0.25) is 0 Å². The van der Waals surface area contributed by atoms with Crippen molar-refractivity contribution in [2.24, 2.45) is 23.7 Å². The molecule has 5 aliphatic rings. The maximum absolute atomic E-state index is 13.2. The Morgan fingerprint density at radius 1 is 0.927 bits per heavy atom. The Labute approximate surface area is 248 Å². The lowest BCUT2D eigenvalue weighted by Gasteiger charge is -2.37. The van der Waals surface area contributed by atoms with Crippen LogP contribution in [0.4, 0.5) is 0 Å². The van der Waals surface area contributed by atoms with Gasteiger partial charge in [0.15, 0.2) is 0 Å². The number of amides is 1. The fourth-order valence-corrected chi connectivity index (χ4v) is 7.73. The molecule has 0 aromatic heterocycles. The van der Waals surface area contributed by atoms with Gasteiger partial charge in [-0.3, -0.25) is 15.0 Å². The Morgan fingerprint density at radius 2 is 1.83 bits per heavy atom. The fourth-order valence-electron chi connectivity index (χ4n) is 7.73. The molecule has 1 amide bonds. The van der Waals surface area contributed by atoms with Gasteiger partial charge in [-0.15, -0.1) is 0 Å². The first-order valence-electron chi connectivity index (χ1n) is 16.9. The zero-order chi connectivity index (χ0) is 28.3. The lowest BCUT2D eigenvalue weighted by molar-refractivity contribution is -0.126. The number of nitrogens with one attached hydrogen (secondary N) is 8. The number of nitrogens with zero attached hydrogens (tertiary/aromatic N) is 1. The van der Waals surface area contributed by atoms with Crippen molar-refractivity contribution in [2.75, 3.05) is 72.2 Å². The second-order valence-electron chi connectivity index (χ2n) is 13.2. The Kier molecular flexibility index (Phi) is 12.9. The van der Waals surface area contributed by atoms with E-state index in [-0.39, 0.29) is 24.2 Å². The van der Waals surface area contributed by atoms with Crippen LogP contribution in [0, 0.1) is 23.7 Å². The quantitative estimate of drug-likeness (QED) is 0.140. The summed E-state index contributed by atoms with van der Waals surface area (Å²) < 4.78 is 6.20. The summed E-state index contributed by atoms with van der Waals surface area (Å²) in [4.78, 5) is 15.7. The van der Waals surface area contributed by atoms with Crippen LogP contribution >= 0.6 is 0 Å². The second kappa shape index (κ2) is 16.8. The Morgan fingerprint density at radius 3 is 2.66 bits per heavy atom. The van der Waals surface area contributed by atoms with Crippen LogP contribution in [0.1, 0.15) is 64.7 Å². The molecule has 11 nitrogen and oxygen atoms in total. The molecular weight excluding hydrogens is 518 g/mol. The number of piperidine rings is 2. The van der Waals surface area contributed by atoms with Crippen molar-refractivity contribution in [3.63, 3.8) is 0 Å². The summed E-state index contributed by atoms with van der Waals surface area (Å²) in [6.07, 6.45) is 10.6. The van der Waals surface area contributed by atoms with Gasteiger partial charge < -0.3 is 31.3 Å². The molecule has 0 bridgehead atoms. The van der Waals surface area contributed by atoms with Gasteiger partial charge in [-0.05, 0) is 88.9 Å². The van der Waals surface area contributed by atoms with Gasteiger partial charge in [0, 0.05) is 50.8 Å². The van der Waals surface area contributed by atoms with E-state index in [1.54, 1.807) is 0 Å². The first kappa shape index (κ1) is 31.5. The topological polar surface area (TPSA) is 126 Å². The first-order chi connectivity index (χ1) is 20.2. The average Bonchev–Trinajstić information content (AvgIpc) is 3.44. The minimum Gasteiger partial charge on any atom is -0.380 e. The molecule has 8 atom stereocenters. The molecule has 5 fully saturated rings. The van der Waals surface area contributed by atoms with Crippen LogP contribution < -0.4 is 42.8 Å². The fraction of sp³-hybridized carbons (Fsp3) is 0.967. The van der Waals surface area contributed by atoms with Gasteiger partial charge in [-0.1, -0.05) is 19.8 Å². The van der Waals surface area contributed by atoms with Gasteiger partial charge in [0.05, 0.1) is 25.5 Å². The van der Waals surface area contributed by atoms with Crippen LogP contribution in [0.25, 0.3) is 0 Å². The molecule has 41 heavy (non-hydrogen) atoms. The molecule has 8 N–H and O–H groups in total. The number of rotatable bonds is 13. The van der Waals surface area contributed by atoms with Crippen LogP contribution in [0.15, 0.2) is 0 Å². The molecule has 0 aromatic rings. The third kappa shape index (κ3) is 9.30. The normalized spacial score (nSPS) is 37.2. The lowest BCUT2D eigenvalue weighted by atomic mass is 9.83. The standard InChI is InChI=1S/C30H59N9O2/c1-2-23-17-32-11-8-25(23)18-35-30(40)24-6-3-7-26(15-24)34-19-28-37-38-29(27-9-12-33-21-36-27)39(28)13-14-41-20-22-5-4-10-31-16-22/h22-29,31-34,36-38H,2-21H2,1H3,(H,35,40). The van der Waals surface area contributed by atoms with Gasteiger partial charge in [0.2, 0.25) is 5.91 Å². The number of carbonyl (C=O) groups excluding carboxylic acids is 1. The third-order valence-corrected chi connectivity index (χ3v) is 10.4. The van der Waals surface area contributed by atoms with E-state index in [1.807, 2.05) is 0 Å². The second-order valence-corrected chi connectivity index (χ2v) is 13.2. The SMILES string of the molecule is CCC1CNCCC1CNC(=O)C1CCCC(NCC2NNC(C3CCNCN3)N2CCOCC2CCCNC2)C1. The summed E-state index contributed by atoms with van der Waals surface area (Å²) in [6, 6.07) is 0.780. The number of hydrogen-bond donors (Lipinski definition) is 8. The molecule has 1 aliphatic carbocycles. The highest BCUT2D eigenvalue weighted by molar-refractivity contribution is 5.78. The van der Waals surface area contributed by atoms with Crippen molar-refractivity contribution >= 4 is 5.91 Å². The maximum atomic E-state index is 13.2. The van der Waals surface area contributed by atoms with Crippen LogP contribution in [0.3, 0.4) is 0 Å². The Bertz CT molecular complexity index is 764. The summed E-state index contributed by atoms with van der Waals surface area (Å²) in [5.41, 5.74) is 7.19. The van der Waals surface area contributed by atoms with Crippen molar-refractivity contribution in [3.05, 3.63) is 0 Å². The molecule has 5 rings (SSSR count). The molecule has 1 saturated carbocycles. The van der Waals surface area contributed by atoms with Crippen LogP contribution in [-0.4, -0.2) is 107 Å². The highest BCUT2D eigenvalue weighted by Gasteiger charge is 2.38.